The number of nitrogens with one attached hydrogen (secondary N) is 2. The number of H-pyrrole nitrogens is 1. The van der Waals surface area contributed by atoms with E-state index in [0.717, 1.165) is 32.6 Å². The number of hydrogen-bond acceptors (Lipinski definition) is 5. The van der Waals surface area contributed by atoms with Gasteiger partial charge in [-0.05, 0) is 31.7 Å². The number of halogens is 1. The molecule has 27 heavy (non-hydrogen) atoms. The molecule has 1 amide bonds. The minimum atomic E-state index is -0.351. The van der Waals surface area contributed by atoms with Crippen molar-refractivity contribution in [1.29, 1.82) is 0 Å². The maximum atomic E-state index is 13.2. The third-order valence-corrected chi connectivity index (χ3v) is 5.21. The van der Waals surface area contributed by atoms with Crippen molar-refractivity contribution in [2.45, 2.75) is 25.1 Å². The SMILES string of the molecule is CN1CCN2C[C@@H](NC(=O)c3cc(COc4cccc(F)c4)[nH]n3)C[C@H]2C1. The number of aromatic amines is 1. The van der Waals surface area contributed by atoms with Crippen LogP contribution in [0.3, 0.4) is 0 Å². The maximum Gasteiger partial charge on any atom is 0.272 e. The first-order valence-corrected chi connectivity index (χ1v) is 9.23. The van der Waals surface area contributed by atoms with Crippen LogP contribution in [0.2, 0.25) is 0 Å². The molecule has 2 saturated heterocycles. The Hall–Kier alpha value is -2.45. The molecule has 2 aliphatic rings. The second kappa shape index (κ2) is 7.66. The fraction of sp³-hybridized carbons (Fsp3) is 0.474. The molecule has 2 aromatic rings. The van der Waals surface area contributed by atoms with Crippen molar-refractivity contribution in [2.24, 2.45) is 0 Å². The number of piperazine rings is 1. The van der Waals surface area contributed by atoms with Gasteiger partial charge < -0.3 is 15.0 Å². The van der Waals surface area contributed by atoms with Crippen LogP contribution in [-0.2, 0) is 6.61 Å². The van der Waals surface area contributed by atoms with Crippen LogP contribution >= 0.6 is 0 Å². The molecule has 4 rings (SSSR count). The highest BCUT2D eigenvalue weighted by atomic mass is 19.1. The first kappa shape index (κ1) is 17.9. The van der Waals surface area contributed by atoms with Gasteiger partial charge >= 0.3 is 0 Å². The lowest BCUT2D eigenvalue weighted by atomic mass is 10.1. The fourth-order valence-corrected chi connectivity index (χ4v) is 3.83. The Bertz CT molecular complexity index is 811. The summed E-state index contributed by atoms with van der Waals surface area (Å²) < 4.78 is 18.7. The molecule has 2 atom stereocenters. The van der Waals surface area contributed by atoms with E-state index in [1.807, 2.05) is 0 Å². The summed E-state index contributed by atoms with van der Waals surface area (Å²) in [5.41, 5.74) is 1.00. The molecule has 144 valence electrons. The highest BCUT2D eigenvalue weighted by Gasteiger charge is 2.36. The molecule has 0 spiro atoms. The Kier molecular flexibility index (Phi) is 5.09. The molecule has 2 aliphatic heterocycles. The summed E-state index contributed by atoms with van der Waals surface area (Å²) in [7, 11) is 2.14. The second-order valence-corrected chi connectivity index (χ2v) is 7.34. The Morgan fingerprint density at radius 1 is 1.37 bits per heavy atom. The molecule has 3 heterocycles. The van der Waals surface area contributed by atoms with Crippen LogP contribution in [-0.4, -0.2) is 71.2 Å². The monoisotopic (exact) mass is 373 g/mol. The number of hydrogen-bond donors (Lipinski definition) is 2. The van der Waals surface area contributed by atoms with Gasteiger partial charge in [0, 0.05) is 44.3 Å². The first-order chi connectivity index (χ1) is 13.1. The zero-order valence-electron chi connectivity index (χ0n) is 15.3. The van der Waals surface area contributed by atoms with Gasteiger partial charge in [0.1, 0.15) is 23.9 Å². The Balaban J connectivity index is 1.30. The van der Waals surface area contributed by atoms with Crippen LogP contribution in [0.1, 0.15) is 22.6 Å². The Morgan fingerprint density at radius 2 is 2.26 bits per heavy atom. The topological polar surface area (TPSA) is 73.5 Å². The molecule has 7 nitrogen and oxygen atoms in total. The highest BCUT2D eigenvalue weighted by molar-refractivity contribution is 5.92. The van der Waals surface area contributed by atoms with Gasteiger partial charge in [-0.2, -0.15) is 5.10 Å². The summed E-state index contributed by atoms with van der Waals surface area (Å²) >= 11 is 0. The number of aromatic nitrogens is 2. The van der Waals surface area contributed by atoms with E-state index in [-0.39, 0.29) is 24.4 Å². The smallest absolute Gasteiger partial charge is 0.272 e. The zero-order valence-corrected chi connectivity index (χ0v) is 15.3. The molecule has 0 saturated carbocycles. The number of benzene rings is 1. The molecule has 8 heteroatoms. The van der Waals surface area contributed by atoms with Crippen LogP contribution < -0.4 is 10.1 Å². The van der Waals surface area contributed by atoms with E-state index in [9.17, 15) is 9.18 Å². The normalized spacial score (nSPS) is 23.2. The zero-order chi connectivity index (χ0) is 18.8. The van der Waals surface area contributed by atoms with E-state index in [2.05, 4.69) is 32.4 Å². The molecule has 1 aromatic carbocycles. The van der Waals surface area contributed by atoms with Crippen LogP contribution in [0.25, 0.3) is 0 Å². The van der Waals surface area contributed by atoms with Gasteiger partial charge in [0.25, 0.3) is 5.91 Å². The molecule has 2 fully saturated rings. The molecule has 0 radical (unpaired) electrons. The van der Waals surface area contributed by atoms with Crippen molar-refractivity contribution in [1.82, 2.24) is 25.3 Å². The molecule has 1 aromatic heterocycles. The molecule has 2 N–H and O–H groups in total. The van der Waals surface area contributed by atoms with Gasteiger partial charge in [0.2, 0.25) is 0 Å². The summed E-state index contributed by atoms with van der Waals surface area (Å²) in [6, 6.07) is 8.28. The third-order valence-electron chi connectivity index (χ3n) is 5.21. The van der Waals surface area contributed by atoms with E-state index < -0.39 is 0 Å². The van der Waals surface area contributed by atoms with Crippen molar-refractivity contribution in [3.8, 4) is 5.75 Å². The van der Waals surface area contributed by atoms with Gasteiger partial charge in [-0.3, -0.25) is 14.8 Å². The van der Waals surface area contributed by atoms with Crippen molar-refractivity contribution >= 4 is 5.91 Å². The predicted molar refractivity (Wildman–Crippen MR) is 98.0 cm³/mol. The number of rotatable bonds is 5. The lowest BCUT2D eigenvalue weighted by Crippen LogP contribution is -2.48. The Labute approximate surface area is 157 Å². The van der Waals surface area contributed by atoms with Gasteiger partial charge in [-0.25, -0.2) is 4.39 Å². The average molecular weight is 373 g/mol. The lowest BCUT2D eigenvalue weighted by molar-refractivity contribution is 0.0931. The summed E-state index contributed by atoms with van der Waals surface area (Å²) in [5, 5.41) is 9.97. The van der Waals surface area contributed by atoms with E-state index >= 15 is 0 Å². The maximum absolute atomic E-state index is 13.2. The average Bonchev–Trinajstić information content (AvgIpc) is 3.26. The summed E-state index contributed by atoms with van der Waals surface area (Å²) in [6.07, 6.45) is 0.968. The fourth-order valence-electron chi connectivity index (χ4n) is 3.83. The number of carbonyl (C=O) groups is 1. The minimum absolute atomic E-state index is 0.151. The largest absolute Gasteiger partial charge is 0.487 e. The van der Waals surface area contributed by atoms with Crippen LogP contribution in [0, 0.1) is 5.82 Å². The molecule has 0 bridgehead atoms. The summed E-state index contributed by atoms with van der Waals surface area (Å²) in [6.45, 7) is 4.26. The third kappa shape index (κ3) is 4.28. The number of ether oxygens (including phenoxy) is 1. The van der Waals surface area contributed by atoms with Gasteiger partial charge in [-0.1, -0.05) is 6.07 Å². The highest BCUT2D eigenvalue weighted by Crippen LogP contribution is 2.21. The van der Waals surface area contributed by atoms with Crippen molar-refractivity contribution in [3.05, 3.63) is 47.5 Å². The summed E-state index contributed by atoms with van der Waals surface area (Å²) in [4.78, 5) is 17.3. The molecular formula is C19H24FN5O2. The molecule has 0 aliphatic carbocycles. The summed E-state index contributed by atoms with van der Waals surface area (Å²) in [5.74, 6) is -0.0964. The van der Waals surface area contributed by atoms with E-state index in [4.69, 9.17) is 4.74 Å². The number of amides is 1. The molecular weight excluding hydrogens is 349 g/mol. The minimum Gasteiger partial charge on any atom is -0.487 e. The number of likely N-dealkylation sites (N-methyl/N-ethyl adjacent to an activating group) is 1. The number of fused-ring (bicyclic) bond motifs is 1. The van der Waals surface area contributed by atoms with Gasteiger partial charge in [0.05, 0.1) is 5.69 Å². The van der Waals surface area contributed by atoms with E-state index in [1.165, 1.54) is 12.1 Å². The predicted octanol–water partition coefficient (Wildman–Crippen LogP) is 1.25. The second-order valence-electron chi connectivity index (χ2n) is 7.34. The number of carbonyl (C=O) groups excluding carboxylic acids is 1. The van der Waals surface area contributed by atoms with Crippen molar-refractivity contribution in [3.63, 3.8) is 0 Å². The van der Waals surface area contributed by atoms with Crippen LogP contribution in [0.5, 0.6) is 5.75 Å². The van der Waals surface area contributed by atoms with Gasteiger partial charge in [-0.15, -0.1) is 0 Å². The quantitative estimate of drug-likeness (QED) is 0.825. The van der Waals surface area contributed by atoms with E-state index in [0.29, 0.717) is 23.2 Å². The van der Waals surface area contributed by atoms with E-state index in [1.54, 1.807) is 18.2 Å². The Morgan fingerprint density at radius 3 is 3.11 bits per heavy atom. The van der Waals surface area contributed by atoms with Crippen molar-refractivity contribution < 1.29 is 13.9 Å². The van der Waals surface area contributed by atoms with Gasteiger partial charge in [0.15, 0.2) is 0 Å². The van der Waals surface area contributed by atoms with Crippen LogP contribution in [0.15, 0.2) is 30.3 Å². The molecule has 0 unspecified atom stereocenters. The standard InChI is InChI=1S/C19H24FN5O2/c1-24-5-6-25-10-14(8-16(25)11-24)21-19(26)18-9-15(22-23-18)12-27-17-4-2-3-13(20)7-17/h2-4,7,9,14,16H,5-6,8,10-12H2,1H3,(H,21,26)(H,22,23)/t14-,16-/m0/s1. The van der Waals surface area contributed by atoms with Crippen LogP contribution in [0.4, 0.5) is 4.39 Å². The lowest BCUT2D eigenvalue weighted by Gasteiger charge is -2.34. The number of nitrogens with zero attached hydrogens (tertiary/aromatic N) is 3. The van der Waals surface area contributed by atoms with Crippen molar-refractivity contribution in [2.75, 3.05) is 33.2 Å². The first-order valence-electron chi connectivity index (χ1n) is 9.23.